The van der Waals surface area contributed by atoms with E-state index in [9.17, 15) is 4.79 Å². The van der Waals surface area contributed by atoms with E-state index in [0.717, 1.165) is 12.8 Å². The van der Waals surface area contributed by atoms with Gasteiger partial charge < -0.3 is 4.74 Å². The molecule has 14 heavy (non-hydrogen) atoms. The fourth-order valence-electron chi connectivity index (χ4n) is 1.08. The minimum absolute atomic E-state index is 0.347. The van der Waals surface area contributed by atoms with Gasteiger partial charge in [-0.1, -0.05) is 13.5 Å². The smallest absolute Gasteiger partial charge is 0.334 e. The summed E-state index contributed by atoms with van der Waals surface area (Å²) in [4.78, 5) is 10.9. The van der Waals surface area contributed by atoms with Crippen LogP contribution in [0.5, 0.6) is 0 Å². The second-order valence-electron chi connectivity index (χ2n) is 3.26. The molecule has 1 rings (SSSR count). The van der Waals surface area contributed by atoms with E-state index in [1.807, 2.05) is 0 Å². The molecule has 0 spiro atoms. The van der Waals surface area contributed by atoms with Crippen molar-refractivity contribution >= 4 is 23.6 Å². The largest absolute Gasteiger partial charge is 0.466 e. The van der Waals surface area contributed by atoms with Crippen LogP contribution in [0.15, 0.2) is 16.5 Å². The van der Waals surface area contributed by atoms with E-state index >= 15 is 0 Å². The van der Waals surface area contributed by atoms with Gasteiger partial charge in [0.1, 0.15) is 0 Å². The normalized spacial score (nSPS) is 22.1. The topological polar surface area (TPSA) is 38.7 Å². The third kappa shape index (κ3) is 3.18. The van der Waals surface area contributed by atoms with E-state index < -0.39 is 0 Å². The third-order valence-corrected chi connectivity index (χ3v) is 3.00. The fourth-order valence-corrected chi connectivity index (χ4v) is 1.81. The minimum Gasteiger partial charge on any atom is -0.466 e. The lowest BCUT2D eigenvalue weighted by molar-refractivity contribution is -0.135. The summed E-state index contributed by atoms with van der Waals surface area (Å²) in [5.74, 6) is 0.863. The molecule has 0 aliphatic heterocycles. The van der Waals surface area contributed by atoms with E-state index in [4.69, 9.17) is 0 Å². The van der Waals surface area contributed by atoms with Gasteiger partial charge in [0, 0.05) is 23.0 Å². The molecule has 1 aliphatic rings. The van der Waals surface area contributed by atoms with Crippen LogP contribution in [0.2, 0.25) is 0 Å². The Morgan fingerprint density at radius 3 is 3.00 bits per heavy atom. The Bertz CT molecular complexity index is 273. The van der Waals surface area contributed by atoms with Crippen LogP contribution in [-0.4, -0.2) is 24.5 Å². The van der Waals surface area contributed by atoms with Crippen LogP contribution >= 0.6 is 11.9 Å². The minimum atomic E-state index is -0.347. The van der Waals surface area contributed by atoms with Crippen molar-refractivity contribution in [3.8, 4) is 0 Å². The molecular weight excluding hydrogens is 198 g/mol. The Balaban J connectivity index is 2.19. The molecule has 1 atom stereocenters. The van der Waals surface area contributed by atoms with E-state index in [0.29, 0.717) is 17.2 Å². The molecule has 1 saturated carbocycles. The standard InChI is InChI=1S/C10H15NO2S/c1-4-8-5-9(8)11-14-6-7(2)10(12)13-3/h8H,2,4-6H2,1,3H3. The van der Waals surface area contributed by atoms with Crippen LogP contribution in [0, 0.1) is 5.92 Å². The average Bonchev–Trinajstić information content (AvgIpc) is 2.95. The summed E-state index contributed by atoms with van der Waals surface area (Å²) in [5, 5.41) is 0. The van der Waals surface area contributed by atoms with Crippen molar-refractivity contribution in [2.45, 2.75) is 19.8 Å². The fraction of sp³-hybridized carbons (Fsp3) is 0.600. The van der Waals surface area contributed by atoms with Crippen molar-refractivity contribution in [1.82, 2.24) is 0 Å². The number of nitrogens with zero attached hydrogens (tertiary/aromatic N) is 1. The number of esters is 1. The molecule has 0 heterocycles. The van der Waals surface area contributed by atoms with Crippen LogP contribution in [0.25, 0.3) is 0 Å². The molecule has 1 unspecified atom stereocenters. The van der Waals surface area contributed by atoms with Crippen molar-refractivity contribution in [1.29, 1.82) is 0 Å². The van der Waals surface area contributed by atoms with Crippen LogP contribution in [0.4, 0.5) is 0 Å². The van der Waals surface area contributed by atoms with Crippen molar-refractivity contribution in [2.75, 3.05) is 12.9 Å². The predicted molar refractivity (Wildman–Crippen MR) is 59.4 cm³/mol. The Morgan fingerprint density at radius 2 is 2.50 bits per heavy atom. The highest BCUT2D eigenvalue weighted by molar-refractivity contribution is 7.98. The number of carbonyl (C=O) groups excluding carboxylic acids is 1. The number of hydrogen-bond acceptors (Lipinski definition) is 4. The lowest BCUT2D eigenvalue weighted by Gasteiger charge is -1.98. The van der Waals surface area contributed by atoms with Gasteiger partial charge in [-0.3, -0.25) is 0 Å². The molecule has 1 aliphatic carbocycles. The molecule has 0 N–H and O–H groups in total. The van der Waals surface area contributed by atoms with Crippen molar-refractivity contribution in [3.05, 3.63) is 12.2 Å². The van der Waals surface area contributed by atoms with Crippen molar-refractivity contribution < 1.29 is 9.53 Å². The highest BCUT2D eigenvalue weighted by Crippen LogP contribution is 2.31. The van der Waals surface area contributed by atoms with Gasteiger partial charge in [0.05, 0.1) is 7.11 Å². The first-order valence-corrected chi connectivity index (χ1v) is 5.58. The second kappa shape index (κ2) is 5.20. The quantitative estimate of drug-likeness (QED) is 0.399. The Kier molecular flexibility index (Phi) is 4.20. The number of methoxy groups -OCH3 is 1. The Morgan fingerprint density at radius 1 is 1.79 bits per heavy atom. The maximum absolute atomic E-state index is 10.9. The third-order valence-electron chi connectivity index (χ3n) is 2.15. The molecule has 78 valence electrons. The summed E-state index contributed by atoms with van der Waals surface area (Å²) in [6.07, 6.45) is 2.28. The molecule has 0 aromatic carbocycles. The van der Waals surface area contributed by atoms with Gasteiger partial charge in [-0.15, -0.1) is 0 Å². The van der Waals surface area contributed by atoms with E-state index in [1.54, 1.807) is 0 Å². The highest BCUT2D eigenvalue weighted by atomic mass is 32.2. The molecule has 3 nitrogen and oxygen atoms in total. The van der Waals surface area contributed by atoms with Crippen LogP contribution in [-0.2, 0) is 9.53 Å². The van der Waals surface area contributed by atoms with E-state index in [-0.39, 0.29) is 5.97 Å². The van der Waals surface area contributed by atoms with Gasteiger partial charge >= 0.3 is 5.97 Å². The first-order chi connectivity index (χ1) is 6.69. The molecule has 0 saturated heterocycles. The maximum atomic E-state index is 10.9. The zero-order valence-corrected chi connectivity index (χ0v) is 9.39. The Labute approximate surface area is 88.8 Å². The van der Waals surface area contributed by atoms with E-state index in [1.165, 1.54) is 24.8 Å². The summed E-state index contributed by atoms with van der Waals surface area (Å²) in [5.41, 5.74) is 1.73. The summed E-state index contributed by atoms with van der Waals surface area (Å²) in [6.45, 7) is 5.78. The molecule has 0 aromatic rings. The van der Waals surface area contributed by atoms with Crippen molar-refractivity contribution in [2.24, 2.45) is 10.3 Å². The molecule has 0 amide bonds. The molecular formula is C10H15NO2S. The lowest BCUT2D eigenvalue weighted by Crippen LogP contribution is -2.04. The first-order valence-electron chi connectivity index (χ1n) is 4.63. The summed E-state index contributed by atoms with van der Waals surface area (Å²) in [6, 6.07) is 0. The first kappa shape index (κ1) is 11.3. The summed E-state index contributed by atoms with van der Waals surface area (Å²) in [7, 11) is 1.36. The number of carbonyl (C=O) groups is 1. The average molecular weight is 213 g/mol. The van der Waals surface area contributed by atoms with Crippen LogP contribution < -0.4 is 0 Å². The van der Waals surface area contributed by atoms with Gasteiger partial charge in [-0.05, 0) is 24.8 Å². The predicted octanol–water partition coefficient (Wildman–Crippen LogP) is 2.23. The molecule has 1 fully saturated rings. The van der Waals surface area contributed by atoms with E-state index in [2.05, 4.69) is 22.6 Å². The van der Waals surface area contributed by atoms with Crippen LogP contribution in [0.1, 0.15) is 19.8 Å². The summed E-state index contributed by atoms with van der Waals surface area (Å²) >= 11 is 1.38. The number of rotatable bonds is 5. The SMILES string of the molecule is C=C(CSN=C1CC1CC)C(=O)OC. The Hall–Kier alpha value is -0.770. The van der Waals surface area contributed by atoms with Crippen LogP contribution in [0.3, 0.4) is 0 Å². The summed E-state index contributed by atoms with van der Waals surface area (Å²) < 4.78 is 8.84. The highest BCUT2D eigenvalue weighted by Gasteiger charge is 2.29. The zero-order chi connectivity index (χ0) is 10.6. The van der Waals surface area contributed by atoms with Gasteiger partial charge in [-0.25, -0.2) is 9.19 Å². The molecule has 0 bridgehead atoms. The monoisotopic (exact) mass is 213 g/mol. The van der Waals surface area contributed by atoms with Gasteiger partial charge in [0.25, 0.3) is 0 Å². The zero-order valence-electron chi connectivity index (χ0n) is 8.58. The van der Waals surface area contributed by atoms with Crippen molar-refractivity contribution in [3.63, 3.8) is 0 Å². The second-order valence-corrected chi connectivity index (χ2v) is 3.99. The lowest BCUT2D eigenvalue weighted by atomic mass is 10.3. The van der Waals surface area contributed by atoms with Gasteiger partial charge in [0.2, 0.25) is 0 Å². The molecule has 0 aromatic heterocycles. The molecule has 4 heteroatoms. The van der Waals surface area contributed by atoms with Gasteiger partial charge in [-0.2, -0.15) is 0 Å². The maximum Gasteiger partial charge on any atom is 0.334 e. The number of hydrogen-bond donors (Lipinski definition) is 0. The number of ether oxygens (including phenoxy) is 1. The van der Waals surface area contributed by atoms with Gasteiger partial charge in [0.15, 0.2) is 0 Å². The molecule has 0 radical (unpaired) electrons.